The van der Waals surface area contributed by atoms with Crippen molar-refractivity contribution in [3.63, 3.8) is 0 Å². The summed E-state index contributed by atoms with van der Waals surface area (Å²) >= 11 is 0.0329. The molecule has 0 atom stereocenters. The second-order valence-electron chi connectivity index (χ2n) is 8.82. The molecule has 0 fully saturated rings. The zero-order valence-electron chi connectivity index (χ0n) is 15.8. The van der Waals surface area contributed by atoms with Crippen LogP contribution in [0.3, 0.4) is 0 Å². The topological polar surface area (TPSA) is 4.93 Å². The zero-order valence-corrected chi connectivity index (χ0v) is 23.1. The fourth-order valence-electron chi connectivity index (χ4n) is 3.14. The van der Waals surface area contributed by atoms with E-state index < -0.39 is 36.8 Å². The number of rotatable bonds is 3. The molecule has 0 aliphatic carbocycles. The van der Waals surface area contributed by atoms with Crippen molar-refractivity contribution in [1.82, 2.24) is 4.57 Å². The number of para-hydroxylation sites is 1. The van der Waals surface area contributed by atoms with Gasteiger partial charge in [0.25, 0.3) is 0 Å². The Kier molecular flexibility index (Phi) is 4.62. The number of thiophene rings is 2. The van der Waals surface area contributed by atoms with Crippen molar-refractivity contribution in [3.05, 3.63) is 42.5 Å². The van der Waals surface area contributed by atoms with Gasteiger partial charge in [-0.25, -0.2) is 0 Å². The molecule has 0 aliphatic rings. The summed E-state index contributed by atoms with van der Waals surface area (Å²) in [4.78, 5) is 15.1. The average Bonchev–Trinajstić information content (AvgIpc) is 3.16. The fraction of sp³-hybridized carbons (Fsp3) is 0.300. The van der Waals surface area contributed by atoms with Gasteiger partial charge in [-0.15, -0.1) is 0 Å². The molecule has 0 bridgehead atoms. The standard InChI is InChI=1S/C14H7NS2.6CH3.2Sn/c1-2-4-10(5-3-1)15-11-6-8-16-13(11)14-12(15)7-9-17-14;;;;;;;;/h1-7H;6*1H3;;. The van der Waals surface area contributed by atoms with E-state index in [1.54, 1.807) is 5.79 Å². The second-order valence-corrected chi connectivity index (χ2v) is 41.8. The van der Waals surface area contributed by atoms with Gasteiger partial charge in [0.2, 0.25) is 0 Å². The van der Waals surface area contributed by atoms with Crippen molar-refractivity contribution in [2.75, 3.05) is 0 Å². The van der Waals surface area contributed by atoms with Gasteiger partial charge < -0.3 is 0 Å². The maximum atomic E-state index is 2.52. The summed E-state index contributed by atoms with van der Waals surface area (Å²) in [6, 6.07) is 15.9. The van der Waals surface area contributed by atoms with Gasteiger partial charge in [-0.1, -0.05) is 0 Å². The Morgan fingerprint density at radius 2 is 1.12 bits per heavy atom. The molecule has 4 rings (SSSR count). The van der Waals surface area contributed by atoms with Gasteiger partial charge in [0.1, 0.15) is 0 Å². The van der Waals surface area contributed by atoms with E-state index in [9.17, 15) is 0 Å². The minimum absolute atomic E-state index is 1.30. The minimum atomic E-state index is -2.06. The summed E-state index contributed by atoms with van der Waals surface area (Å²) in [5, 5.41) is 0. The number of aromatic nitrogens is 1. The first-order chi connectivity index (χ1) is 11.7. The number of hydrogen-bond acceptors (Lipinski definition) is 2. The summed E-state index contributed by atoms with van der Waals surface area (Å²) < 4.78 is 8.92. The molecule has 0 aliphatic heterocycles. The molecule has 0 N–H and O–H groups in total. The molecule has 4 aromatic rings. The van der Waals surface area contributed by atoms with Crippen LogP contribution in [0.15, 0.2) is 42.5 Å². The normalized spacial score (nSPS) is 13.2. The second kappa shape index (κ2) is 6.28. The number of nitrogens with zero attached hydrogens (tertiary/aromatic N) is 1. The van der Waals surface area contributed by atoms with Gasteiger partial charge in [0.05, 0.1) is 0 Å². The first kappa shape index (κ1) is 18.4. The Labute approximate surface area is 166 Å². The third-order valence-electron chi connectivity index (χ3n) is 4.61. The molecule has 25 heavy (non-hydrogen) atoms. The van der Waals surface area contributed by atoms with Crippen LogP contribution in [0.25, 0.3) is 26.1 Å². The first-order valence-corrected chi connectivity index (χ1v) is 30.4. The summed E-state index contributed by atoms with van der Waals surface area (Å²) in [5.74, 6) is 0. The van der Waals surface area contributed by atoms with Gasteiger partial charge in [0, 0.05) is 0 Å². The molecule has 0 unspecified atom stereocenters. The Bertz CT molecular complexity index is 991. The Balaban J connectivity index is 2.10. The Hall–Kier alpha value is 0.0174. The molecule has 0 saturated carbocycles. The van der Waals surface area contributed by atoms with Crippen LogP contribution in [0.2, 0.25) is 29.6 Å². The molecule has 0 radical (unpaired) electrons. The molecule has 130 valence electrons. The maximum absolute atomic E-state index is 2.52. The van der Waals surface area contributed by atoms with Crippen LogP contribution >= 0.6 is 22.7 Å². The van der Waals surface area contributed by atoms with Gasteiger partial charge in [-0.3, -0.25) is 0 Å². The first-order valence-electron chi connectivity index (χ1n) is 8.80. The van der Waals surface area contributed by atoms with Crippen LogP contribution < -0.4 is 5.79 Å². The van der Waals surface area contributed by atoms with E-state index in [-0.39, 0.29) is 0 Å². The SMILES string of the molecule is [CH3][Sn]([CH3])([CH3])[c]1cc2c(s1)c1s[c]([Sn]([CH3])([CH3])[CH3])cc1n2-c1ccccc1. The van der Waals surface area contributed by atoms with E-state index in [1.807, 2.05) is 0 Å². The predicted molar refractivity (Wildman–Crippen MR) is 122 cm³/mol. The molecular weight excluding hydrogens is 556 g/mol. The molecule has 0 saturated heterocycles. The average molecular weight is 581 g/mol. The molecule has 1 nitrogen and oxygen atoms in total. The Morgan fingerprint density at radius 3 is 1.52 bits per heavy atom. The van der Waals surface area contributed by atoms with Crippen molar-refractivity contribution in [2.24, 2.45) is 0 Å². The van der Waals surface area contributed by atoms with Crippen molar-refractivity contribution in [2.45, 2.75) is 29.6 Å². The van der Waals surface area contributed by atoms with Crippen molar-refractivity contribution in [1.29, 1.82) is 0 Å². The monoisotopic (exact) mass is 583 g/mol. The fourth-order valence-corrected chi connectivity index (χ4v) is 15.9. The molecule has 3 heterocycles. The van der Waals surface area contributed by atoms with Crippen LogP contribution in [0.4, 0.5) is 0 Å². The summed E-state index contributed by atoms with van der Waals surface area (Å²) in [6.07, 6.45) is 0. The quantitative estimate of drug-likeness (QED) is 0.262. The van der Waals surface area contributed by atoms with E-state index in [0.29, 0.717) is 0 Å². The Morgan fingerprint density at radius 1 is 0.680 bits per heavy atom. The van der Waals surface area contributed by atoms with E-state index in [4.69, 9.17) is 0 Å². The number of benzene rings is 1. The van der Waals surface area contributed by atoms with Crippen molar-refractivity contribution in [3.8, 4) is 5.69 Å². The van der Waals surface area contributed by atoms with Crippen LogP contribution in [-0.4, -0.2) is 41.3 Å². The molecule has 1 aromatic carbocycles. The molecular formula is C20H25NS2Sn2. The molecule has 5 heteroatoms. The van der Waals surface area contributed by atoms with Crippen LogP contribution in [0, 0.1) is 0 Å². The van der Waals surface area contributed by atoms with Crippen LogP contribution in [0.1, 0.15) is 0 Å². The van der Waals surface area contributed by atoms with E-state index in [0.717, 1.165) is 0 Å². The third kappa shape index (κ3) is 3.23. The van der Waals surface area contributed by atoms with E-state index >= 15 is 0 Å². The predicted octanol–water partition coefficient (Wildman–Crippen LogP) is 6.00. The summed E-state index contributed by atoms with van der Waals surface area (Å²) in [7, 11) is 0. The molecule has 0 amide bonds. The molecule has 3 aromatic heterocycles. The van der Waals surface area contributed by atoms with E-state index in [2.05, 4.69) is 99.3 Å². The van der Waals surface area contributed by atoms with Crippen LogP contribution in [0.5, 0.6) is 0 Å². The van der Waals surface area contributed by atoms with Gasteiger partial charge >= 0.3 is 168 Å². The number of fused-ring (bicyclic) bond motifs is 3. The van der Waals surface area contributed by atoms with Gasteiger partial charge in [-0.05, 0) is 0 Å². The zero-order chi connectivity index (χ0) is 18.0. The third-order valence-corrected chi connectivity index (χ3v) is 25.9. The van der Waals surface area contributed by atoms with Crippen molar-refractivity contribution >= 4 is 85.6 Å². The number of hydrogen-bond donors (Lipinski definition) is 0. The summed E-state index contributed by atoms with van der Waals surface area (Å²) in [6.45, 7) is 0. The van der Waals surface area contributed by atoms with Gasteiger partial charge in [0.15, 0.2) is 0 Å². The van der Waals surface area contributed by atoms with Gasteiger partial charge in [-0.2, -0.15) is 0 Å². The molecule has 0 spiro atoms. The van der Waals surface area contributed by atoms with Crippen molar-refractivity contribution < 1.29 is 0 Å². The summed E-state index contributed by atoms with van der Waals surface area (Å²) in [5.41, 5.74) is 4.15. The van der Waals surface area contributed by atoms with Crippen LogP contribution in [-0.2, 0) is 0 Å². The van der Waals surface area contributed by atoms with E-state index in [1.165, 1.54) is 26.1 Å².